The Labute approximate surface area is 222 Å². The predicted octanol–water partition coefficient (Wildman–Crippen LogP) is 3.13. The number of nitrogens with zero attached hydrogens (tertiary/aromatic N) is 2. The van der Waals surface area contributed by atoms with E-state index in [1.54, 1.807) is 49.4 Å². The molecule has 1 aromatic carbocycles. The fourth-order valence-corrected chi connectivity index (χ4v) is 4.02. The molecule has 0 N–H and O–H groups in total. The highest BCUT2D eigenvalue weighted by Crippen LogP contribution is 2.27. The number of methoxy groups -OCH3 is 1. The summed E-state index contributed by atoms with van der Waals surface area (Å²) >= 11 is 0. The standard InChI is InChI=1S/C28H31BN2O7/c1-19-9-12-22(7-5-6-8-24(19)36-25-15-16-26(34-4)30-20(25)2)35-23-13-10-21(11-14-23)29-37-27(32)17-31(3)18-28(33)38-29/h5-6,8,10-11,13-16,22H,1,7,9,12,17-18H2,2-4H3/b6-5-,24-8?/t22-/m0/s1. The van der Waals surface area contributed by atoms with Gasteiger partial charge in [-0.05, 0) is 56.7 Å². The zero-order valence-electron chi connectivity index (χ0n) is 21.8. The molecule has 1 aliphatic carbocycles. The summed E-state index contributed by atoms with van der Waals surface area (Å²) in [5.41, 5.74) is 2.14. The third kappa shape index (κ3) is 7.26. The van der Waals surface area contributed by atoms with Gasteiger partial charge in [0.2, 0.25) is 5.88 Å². The maximum atomic E-state index is 12.0. The van der Waals surface area contributed by atoms with Gasteiger partial charge in [0.15, 0.2) is 0 Å². The van der Waals surface area contributed by atoms with Crippen LogP contribution in [0.5, 0.6) is 17.4 Å². The second-order valence-electron chi connectivity index (χ2n) is 9.17. The number of benzene rings is 1. The summed E-state index contributed by atoms with van der Waals surface area (Å²) in [7, 11) is 2.15. The number of aromatic nitrogens is 1. The van der Waals surface area contributed by atoms with E-state index in [0.29, 0.717) is 41.4 Å². The van der Waals surface area contributed by atoms with Gasteiger partial charge in [-0.2, -0.15) is 0 Å². The monoisotopic (exact) mass is 518 g/mol. The molecule has 2 heterocycles. The van der Waals surface area contributed by atoms with Crippen LogP contribution >= 0.6 is 0 Å². The van der Waals surface area contributed by atoms with Crippen molar-refractivity contribution >= 4 is 24.5 Å². The molecule has 1 aromatic heterocycles. The fourth-order valence-electron chi connectivity index (χ4n) is 4.02. The SMILES string of the molecule is C=C1CC[C@@H](Oc2ccc(B3OC(=O)CN(C)CC(=O)O3)cc2)C/C=C\C=C1Oc1ccc(OC)nc1C. The van der Waals surface area contributed by atoms with Crippen LogP contribution in [0.15, 0.2) is 72.5 Å². The maximum absolute atomic E-state index is 12.0. The molecule has 1 fully saturated rings. The van der Waals surface area contributed by atoms with Gasteiger partial charge in [0.05, 0.1) is 25.9 Å². The molecule has 9 nitrogen and oxygen atoms in total. The van der Waals surface area contributed by atoms with Gasteiger partial charge in [-0.25, -0.2) is 4.98 Å². The number of aryl methyl sites for hydroxylation is 1. The van der Waals surface area contributed by atoms with Crippen LogP contribution < -0.4 is 19.7 Å². The molecule has 0 unspecified atom stereocenters. The fraction of sp³-hybridized carbons (Fsp3) is 0.321. The highest BCUT2D eigenvalue weighted by Gasteiger charge is 2.33. The van der Waals surface area contributed by atoms with Crippen LogP contribution in [-0.4, -0.2) is 62.3 Å². The minimum absolute atomic E-state index is 0.0193. The number of rotatable bonds is 6. The lowest BCUT2D eigenvalue weighted by Gasteiger charge is -2.23. The summed E-state index contributed by atoms with van der Waals surface area (Å²) in [4.78, 5) is 30.0. The Morgan fingerprint density at radius 3 is 2.45 bits per heavy atom. The smallest absolute Gasteiger partial charge is 0.494 e. The van der Waals surface area contributed by atoms with Crippen LogP contribution in [0.3, 0.4) is 0 Å². The van der Waals surface area contributed by atoms with Crippen LogP contribution in [0.25, 0.3) is 0 Å². The summed E-state index contributed by atoms with van der Waals surface area (Å²) in [5, 5.41) is 0. The number of hydrogen-bond donors (Lipinski definition) is 0. The van der Waals surface area contributed by atoms with Gasteiger partial charge in [0.25, 0.3) is 0 Å². The quantitative estimate of drug-likeness (QED) is 0.535. The van der Waals surface area contributed by atoms with Gasteiger partial charge in [0, 0.05) is 17.9 Å². The zero-order chi connectivity index (χ0) is 27.1. The van der Waals surface area contributed by atoms with E-state index in [1.165, 1.54) is 0 Å². The normalized spacial score (nSPS) is 20.0. The average molecular weight is 518 g/mol. The number of hydrogen-bond acceptors (Lipinski definition) is 9. The molecule has 0 radical (unpaired) electrons. The van der Waals surface area contributed by atoms with Gasteiger partial charge in [-0.1, -0.05) is 30.9 Å². The van der Waals surface area contributed by atoms with Crippen LogP contribution in [0.4, 0.5) is 0 Å². The number of ether oxygens (including phenoxy) is 3. The molecule has 198 valence electrons. The zero-order valence-corrected chi connectivity index (χ0v) is 21.8. The van der Waals surface area contributed by atoms with Crippen molar-refractivity contribution in [3.63, 3.8) is 0 Å². The van der Waals surface area contributed by atoms with Crippen molar-refractivity contribution in [2.24, 2.45) is 0 Å². The van der Waals surface area contributed by atoms with E-state index in [1.807, 2.05) is 31.2 Å². The Morgan fingerprint density at radius 1 is 1.08 bits per heavy atom. The number of carbonyl (C=O) groups excluding carboxylic acids is 2. The lowest BCUT2D eigenvalue weighted by Crippen LogP contribution is -2.47. The molecule has 10 heteroatoms. The predicted molar refractivity (Wildman–Crippen MR) is 142 cm³/mol. The second kappa shape index (κ2) is 12.5. The van der Waals surface area contributed by atoms with E-state index in [2.05, 4.69) is 11.6 Å². The third-order valence-electron chi connectivity index (χ3n) is 6.07. The van der Waals surface area contributed by atoms with E-state index in [4.69, 9.17) is 23.5 Å². The summed E-state index contributed by atoms with van der Waals surface area (Å²) in [6.45, 7) is 6.13. The molecule has 38 heavy (non-hydrogen) atoms. The van der Waals surface area contributed by atoms with Crippen molar-refractivity contribution in [2.45, 2.75) is 32.3 Å². The molecule has 0 spiro atoms. The third-order valence-corrected chi connectivity index (χ3v) is 6.07. The van der Waals surface area contributed by atoms with Gasteiger partial charge in [-0.3, -0.25) is 14.5 Å². The Hall–Kier alpha value is -4.05. The maximum Gasteiger partial charge on any atom is 0.636 e. The van der Waals surface area contributed by atoms with E-state index >= 15 is 0 Å². The van der Waals surface area contributed by atoms with Crippen LogP contribution in [0, 0.1) is 6.92 Å². The Morgan fingerprint density at radius 2 is 1.79 bits per heavy atom. The largest absolute Gasteiger partial charge is 0.636 e. The summed E-state index contributed by atoms with van der Waals surface area (Å²) in [6, 6.07) is 10.6. The molecular weight excluding hydrogens is 487 g/mol. The number of likely N-dealkylation sites (N-methyl/N-ethyl adjacent to an activating group) is 1. The van der Waals surface area contributed by atoms with Crippen molar-refractivity contribution in [3.05, 3.63) is 78.2 Å². The van der Waals surface area contributed by atoms with Gasteiger partial charge < -0.3 is 23.5 Å². The molecule has 0 bridgehead atoms. The van der Waals surface area contributed by atoms with Crippen LogP contribution in [0.2, 0.25) is 0 Å². The Balaban J connectivity index is 1.36. The summed E-state index contributed by atoms with van der Waals surface area (Å²) < 4.78 is 28.2. The number of carbonyl (C=O) groups is 2. The first-order chi connectivity index (χ1) is 18.3. The molecule has 0 saturated carbocycles. The van der Waals surface area contributed by atoms with E-state index in [0.717, 1.165) is 17.7 Å². The first-order valence-electron chi connectivity index (χ1n) is 12.4. The first kappa shape index (κ1) is 27.0. The molecule has 0 amide bonds. The van der Waals surface area contributed by atoms with Crippen LogP contribution in [0.1, 0.15) is 25.0 Å². The molecular formula is C28H31BN2O7. The lowest BCUT2D eigenvalue weighted by atomic mass is 9.78. The lowest BCUT2D eigenvalue weighted by molar-refractivity contribution is -0.145. The van der Waals surface area contributed by atoms with Gasteiger partial charge in [0.1, 0.15) is 23.4 Å². The van der Waals surface area contributed by atoms with Crippen molar-refractivity contribution < 1.29 is 33.1 Å². The molecule has 2 aromatic rings. The molecule has 1 atom stereocenters. The minimum atomic E-state index is -1.08. The highest BCUT2D eigenvalue weighted by atomic mass is 16.6. The second-order valence-corrected chi connectivity index (χ2v) is 9.17. The van der Waals surface area contributed by atoms with E-state index in [-0.39, 0.29) is 19.2 Å². The van der Waals surface area contributed by atoms with Crippen molar-refractivity contribution in [1.82, 2.24) is 9.88 Å². The van der Waals surface area contributed by atoms with Gasteiger partial charge in [-0.15, -0.1) is 0 Å². The highest BCUT2D eigenvalue weighted by molar-refractivity contribution is 6.64. The Kier molecular flexibility index (Phi) is 8.86. The summed E-state index contributed by atoms with van der Waals surface area (Å²) in [6.07, 6.45) is 7.90. The molecule has 4 rings (SSSR count). The first-order valence-corrected chi connectivity index (χ1v) is 12.4. The topological polar surface area (TPSA) is 96.4 Å². The molecule has 1 saturated heterocycles. The van der Waals surface area contributed by atoms with Crippen LogP contribution in [-0.2, 0) is 18.9 Å². The van der Waals surface area contributed by atoms with Crippen molar-refractivity contribution in [1.29, 1.82) is 0 Å². The molecule has 2 aliphatic rings. The van der Waals surface area contributed by atoms with Crippen molar-refractivity contribution in [3.8, 4) is 17.4 Å². The number of pyridine rings is 1. The van der Waals surface area contributed by atoms with Gasteiger partial charge >= 0.3 is 19.1 Å². The average Bonchev–Trinajstić information content (AvgIpc) is 2.95. The number of allylic oxidation sites excluding steroid dienone is 3. The van der Waals surface area contributed by atoms with E-state index in [9.17, 15) is 9.59 Å². The summed E-state index contributed by atoms with van der Waals surface area (Å²) in [5.74, 6) is 1.59. The minimum Gasteiger partial charge on any atom is -0.494 e. The molecule has 1 aliphatic heterocycles. The van der Waals surface area contributed by atoms with Crippen molar-refractivity contribution in [2.75, 3.05) is 27.2 Å². The van der Waals surface area contributed by atoms with E-state index < -0.39 is 19.1 Å². The Bertz CT molecular complexity index is 1220.